The van der Waals surface area contributed by atoms with Crippen LogP contribution in [0.3, 0.4) is 0 Å². The highest BCUT2D eigenvalue weighted by atomic mass is 35.5. The van der Waals surface area contributed by atoms with Crippen LogP contribution in [0.2, 0.25) is 10.0 Å². The number of nitrogens with zero attached hydrogens (tertiary/aromatic N) is 1. The van der Waals surface area contributed by atoms with Gasteiger partial charge in [-0.1, -0.05) is 65.7 Å². The molecule has 1 atom stereocenters. The summed E-state index contributed by atoms with van der Waals surface area (Å²) in [5.74, 6) is -1.80. The fraction of sp³-hybridized carbons (Fsp3) is 0.120. The number of aryl methyl sites for hydroxylation is 1. The molecule has 0 bridgehead atoms. The van der Waals surface area contributed by atoms with Gasteiger partial charge < -0.3 is 9.84 Å². The van der Waals surface area contributed by atoms with Crippen LogP contribution in [0.25, 0.3) is 5.76 Å². The second-order valence-corrected chi connectivity index (χ2v) is 8.17. The van der Waals surface area contributed by atoms with Gasteiger partial charge in [0, 0.05) is 10.7 Å². The summed E-state index contributed by atoms with van der Waals surface area (Å²) in [5, 5.41) is 11.8. The van der Waals surface area contributed by atoms with Gasteiger partial charge in [-0.2, -0.15) is 0 Å². The van der Waals surface area contributed by atoms with Crippen molar-refractivity contribution in [2.45, 2.75) is 13.0 Å². The largest absolute Gasteiger partial charge is 0.507 e. The third-order valence-corrected chi connectivity index (χ3v) is 5.93. The summed E-state index contributed by atoms with van der Waals surface area (Å²) >= 11 is 12.4. The molecule has 0 radical (unpaired) electrons. The highest BCUT2D eigenvalue weighted by Crippen LogP contribution is 2.45. The third kappa shape index (κ3) is 3.64. The first kappa shape index (κ1) is 21.9. The molecule has 1 aliphatic heterocycles. The number of aliphatic hydroxyl groups excluding tert-OH is 1. The molecule has 0 aromatic heterocycles. The zero-order valence-electron chi connectivity index (χ0n) is 17.3. The average Bonchev–Trinajstić information content (AvgIpc) is 3.04. The molecule has 0 aliphatic carbocycles. The predicted molar refractivity (Wildman–Crippen MR) is 125 cm³/mol. The molecule has 3 aromatic carbocycles. The van der Waals surface area contributed by atoms with Gasteiger partial charge in [0.1, 0.15) is 11.5 Å². The van der Waals surface area contributed by atoms with Gasteiger partial charge in [0.05, 0.1) is 29.3 Å². The summed E-state index contributed by atoms with van der Waals surface area (Å²) in [7, 11) is 1.40. The molecule has 1 aliphatic rings. The number of Topliss-reactive ketones (excluding diaryl/α,β-unsaturated/α-hetero) is 1. The van der Waals surface area contributed by atoms with E-state index in [0.29, 0.717) is 11.3 Å². The summed E-state index contributed by atoms with van der Waals surface area (Å²) < 4.78 is 5.36. The smallest absolute Gasteiger partial charge is 0.300 e. The first-order chi connectivity index (χ1) is 15.3. The van der Waals surface area contributed by atoms with E-state index in [9.17, 15) is 14.7 Å². The quantitative estimate of drug-likeness (QED) is 0.293. The van der Waals surface area contributed by atoms with Crippen molar-refractivity contribution in [3.05, 3.63) is 99.0 Å². The number of para-hydroxylation sites is 1. The minimum absolute atomic E-state index is 0.0650. The Labute approximate surface area is 195 Å². The predicted octanol–water partition coefficient (Wildman–Crippen LogP) is 5.94. The Hall–Kier alpha value is -3.28. The Bertz CT molecular complexity index is 1250. The van der Waals surface area contributed by atoms with Crippen LogP contribution in [0.5, 0.6) is 5.75 Å². The van der Waals surface area contributed by atoms with Crippen LogP contribution < -0.4 is 9.64 Å². The van der Waals surface area contributed by atoms with Gasteiger partial charge in [-0.3, -0.25) is 14.5 Å². The van der Waals surface area contributed by atoms with Gasteiger partial charge in [0.25, 0.3) is 11.7 Å². The van der Waals surface area contributed by atoms with E-state index in [1.807, 2.05) is 37.3 Å². The topological polar surface area (TPSA) is 66.8 Å². The number of hydrogen-bond donors (Lipinski definition) is 1. The minimum atomic E-state index is -0.846. The maximum Gasteiger partial charge on any atom is 0.300 e. The number of carbonyl (C=O) groups excluding carboxylic acids is 2. The number of hydrogen-bond acceptors (Lipinski definition) is 4. The first-order valence-electron chi connectivity index (χ1n) is 9.80. The average molecular weight is 468 g/mol. The number of carbonyl (C=O) groups is 2. The van der Waals surface area contributed by atoms with E-state index >= 15 is 0 Å². The fourth-order valence-corrected chi connectivity index (χ4v) is 4.53. The Morgan fingerprint density at radius 3 is 2.31 bits per heavy atom. The van der Waals surface area contributed by atoms with Crippen LogP contribution in [0.1, 0.15) is 22.7 Å². The lowest BCUT2D eigenvalue weighted by atomic mass is 9.92. The molecular weight excluding hydrogens is 449 g/mol. The summed E-state index contributed by atoms with van der Waals surface area (Å²) in [6, 6.07) is 18.4. The summed E-state index contributed by atoms with van der Waals surface area (Å²) in [6.45, 7) is 1.89. The molecule has 1 fully saturated rings. The Balaban J connectivity index is 2.03. The maximum atomic E-state index is 13.3. The number of ketones is 1. The van der Waals surface area contributed by atoms with Crippen LogP contribution in [-0.2, 0) is 9.59 Å². The van der Waals surface area contributed by atoms with Crippen molar-refractivity contribution in [2.75, 3.05) is 12.0 Å². The number of ether oxygens (including phenoxy) is 1. The van der Waals surface area contributed by atoms with Crippen molar-refractivity contribution in [3.8, 4) is 5.75 Å². The number of benzene rings is 3. The lowest BCUT2D eigenvalue weighted by Gasteiger charge is -2.26. The van der Waals surface area contributed by atoms with Crippen molar-refractivity contribution in [3.63, 3.8) is 0 Å². The van der Waals surface area contributed by atoms with E-state index in [1.54, 1.807) is 24.3 Å². The second-order valence-electron chi connectivity index (χ2n) is 7.33. The number of halogens is 2. The third-order valence-electron chi connectivity index (χ3n) is 5.43. The van der Waals surface area contributed by atoms with Crippen LogP contribution >= 0.6 is 23.2 Å². The van der Waals surface area contributed by atoms with Gasteiger partial charge in [0.2, 0.25) is 0 Å². The van der Waals surface area contributed by atoms with Gasteiger partial charge in [-0.05, 0) is 42.3 Å². The molecule has 1 amide bonds. The summed E-state index contributed by atoms with van der Waals surface area (Å²) in [5.41, 5.74) is 2.18. The summed E-state index contributed by atoms with van der Waals surface area (Å²) in [4.78, 5) is 27.8. The summed E-state index contributed by atoms with van der Waals surface area (Å²) in [6.07, 6.45) is 0. The van der Waals surface area contributed by atoms with E-state index < -0.39 is 23.5 Å². The lowest BCUT2D eigenvalue weighted by molar-refractivity contribution is -0.132. The fourth-order valence-electron chi connectivity index (χ4n) is 3.96. The Morgan fingerprint density at radius 1 is 1.00 bits per heavy atom. The van der Waals surface area contributed by atoms with Crippen LogP contribution in [0.4, 0.5) is 5.69 Å². The monoisotopic (exact) mass is 467 g/mol. The van der Waals surface area contributed by atoms with Crippen LogP contribution in [0.15, 0.2) is 72.3 Å². The zero-order chi connectivity index (χ0) is 23.0. The van der Waals surface area contributed by atoms with Gasteiger partial charge >= 0.3 is 0 Å². The number of methoxy groups -OCH3 is 1. The minimum Gasteiger partial charge on any atom is -0.507 e. The molecule has 0 spiro atoms. The molecule has 162 valence electrons. The number of rotatable bonds is 4. The normalized spacial score (nSPS) is 17.6. The van der Waals surface area contributed by atoms with Gasteiger partial charge in [-0.15, -0.1) is 0 Å². The standard InChI is InChI=1S/C25H19Cl2NO4/c1-14-8-6-7-11-17(14)21-20(22(29)18-12-15(26)13-19(27)24(18)32-2)23(30)25(31)28(21)16-9-4-3-5-10-16/h3-13,21,29H,1-2H3/b22-20+. The molecule has 1 saturated heterocycles. The van der Waals surface area contributed by atoms with Crippen molar-refractivity contribution in [1.82, 2.24) is 0 Å². The van der Waals surface area contributed by atoms with E-state index in [2.05, 4.69) is 0 Å². The van der Waals surface area contributed by atoms with E-state index in [1.165, 1.54) is 24.1 Å². The molecule has 1 heterocycles. The molecular formula is C25H19Cl2NO4. The highest BCUT2D eigenvalue weighted by Gasteiger charge is 2.47. The van der Waals surface area contributed by atoms with E-state index in [0.717, 1.165) is 5.56 Å². The number of aliphatic hydroxyl groups is 1. The molecule has 32 heavy (non-hydrogen) atoms. The lowest BCUT2D eigenvalue weighted by Crippen LogP contribution is -2.29. The maximum absolute atomic E-state index is 13.3. The number of anilines is 1. The molecule has 1 unspecified atom stereocenters. The van der Waals surface area contributed by atoms with Gasteiger partial charge in [-0.25, -0.2) is 0 Å². The Kier molecular flexibility index (Phi) is 5.96. The van der Waals surface area contributed by atoms with E-state index in [-0.39, 0.29) is 26.9 Å². The van der Waals surface area contributed by atoms with Gasteiger partial charge in [0.15, 0.2) is 0 Å². The molecule has 0 saturated carbocycles. The van der Waals surface area contributed by atoms with Crippen molar-refractivity contribution in [1.29, 1.82) is 0 Å². The van der Waals surface area contributed by atoms with Crippen LogP contribution in [-0.4, -0.2) is 23.9 Å². The Morgan fingerprint density at radius 2 is 1.66 bits per heavy atom. The molecule has 4 rings (SSSR count). The van der Waals surface area contributed by atoms with Crippen molar-refractivity contribution < 1.29 is 19.4 Å². The first-order valence-corrected chi connectivity index (χ1v) is 10.6. The molecule has 1 N–H and O–H groups in total. The number of amides is 1. The highest BCUT2D eigenvalue weighted by molar-refractivity contribution is 6.52. The van der Waals surface area contributed by atoms with E-state index in [4.69, 9.17) is 27.9 Å². The van der Waals surface area contributed by atoms with Crippen LogP contribution in [0, 0.1) is 6.92 Å². The molecule has 3 aromatic rings. The zero-order valence-corrected chi connectivity index (χ0v) is 18.8. The van der Waals surface area contributed by atoms with Crippen molar-refractivity contribution in [2.24, 2.45) is 0 Å². The molecule has 5 nitrogen and oxygen atoms in total. The second kappa shape index (κ2) is 8.69. The van der Waals surface area contributed by atoms with Crippen molar-refractivity contribution >= 4 is 46.3 Å². The molecule has 7 heteroatoms. The SMILES string of the molecule is COc1c(Cl)cc(Cl)cc1/C(O)=C1\C(=O)C(=O)N(c2ccccc2)C1c1ccccc1C.